The molecule has 1 saturated heterocycles. The minimum Gasteiger partial charge on any atom is -0.439 e. The molecule has 3 aromatic rings. The number of ether oxygens (including phenoxy) is 1. The van der Waals surface area contributed by atoms with Crippen LogP contribution in [0.1, 0.15) is 24.0 Å². The molecule has 7 nitrogen and oxygen atoms in total. The summed E-state index contributed by atoms with van der Waals surface area (Å²) >= 11 is 0. The number of nitrogens with zero attached hydrogens (tertiary/aromatic N) is 5. The zero-order chi connectivity index (χ0) is 22.9. The first-order chi connectivity index (χ1) is 16.7. The standard InChI is InChI=1S/C27H27N5O2/c33-27(20-1-2-20)32-11-9-31(10-12-32)18-19-13-21-3-5-24(14-25(21)29-15-19)34-26-6-4-22(17-30-26)23-7-8-28-16-23/h3-8,13-15,17,20H,1-2,9-12,16,18H2. The van der Waals surface area contributed by atoms with Crippen LogP contribution in [0.15, 0.2) is 59.9 Å². The molecule has 3 aliphatic rings. The van der Waals surface area contributed by atoms with Crippen LogP contribution in [0.25, 0.3) is 16.5 Å². The molecule has 1 amide bonds. The Kier molecular flexibility index (Phi) is 5.55. The average molecular weight is 454 g/mol. The molecule has 1 saturated carbocycles. The monoisotopic (exact) mass is 453 g/mol. The number of piperazine rings is 1. The van der Waals surface area contributed by atoms with Gasteiger partial charge in [0.05, 0.1) is 12.1 Å². The van der Waals surface area contributed by atoms with Crippen LogP contribution in [-0.4, -0.2) is 64.6 Å². The third-order valence-electron chi connectivity index (χ3n) is 6.70. The molecule has 1 aromatic carbocycles. The smallest absolute Gasteiger partial charge is 0.225 e. The number of fused-ring (bicyclic) bond motifs is 1. The fourth-order valence-electron chi connectivity index (χ4n) is 4.56. The molecule has 4 heterocycles. The summed E-state index contributed by atoms with van der Waals surface area (Å²) in [5, 5.41) is 1.09. The van der Waals surface area contributed by atoms with Gasteiger partial charge in [0.15, 0.2) is 0 Å². The molecule has 0 radical (unpaired) electrons. The maximum absolute atomic E-state index is 12.3. The number of aliphatic imine (C=N–C) groups is 1. The van der Waals surface area contributed by atoms with E-state index >= 15 is 0 Å². The molecule has 2 fully saturated rings. The molecule has 2 aromatic heterocycles. The Morgan fingerprint density at radius 1 is 1.00 bits per heavy atom. The number of rotatable bonds is 6. The predicted molar refractivity (Wildman–Crippen MR) is 132 cm³/mol. The molecule has 0 atom stereocenters. The van der Waals surface area contributed by atoms with Crippen molar-refractivity contribution >= 4 is 28.6 Å². The quantitative estimate of drug-likeness (QED) is 0.565. The van der Waals surface area contributed by atoms with E-state index in [1.54, 1.807) is 0 Å². The molecule has 0 bridgehead atoms. The number of aromatic nitrogens is 2. The second-order valence-electron chi connectivity index (χ2n) is 9.24. The molecule has 172 valence electrons. The Morgan fingerprint density at radius 2 is 1.88 bits per heavy atom. The van der Waals surface area contributed by atoms with Gasteiger partial charge in [-0.25, -0.2) is 4.98 Å². The van der Waals surface area contributed by atoms with Gasteiger partial charge in [-0.3, -0.25) is 19.7 Å². The molecule has 6 rings (SSSR count). The van der Waals surface area contributed by atoms with Gasteiger partial charge in [0.25, 0.3) is 0 Å². The summed E-state index contributed by atoms with van der Waals surface area (Å²) in [6.45, 7) is 5.05. The summed E-state index contributed by atoms with van der Waals surface area (Å²) in [7, 11) is 0. The highest BCUT2D eigenvalue weighted by atomic mass is 16.5. The van der Waals surface area contributed by atoms with Gasteiger partial charge in [0.2, 0.25) is 11.8 Å². The largest absolute Gasteiger partial charge is 0.439 e. The van der Waals surface area contributed by atoms with Gasteiger partial charge in [-0.05, 0) is 59.9 Å². The normalized spacial score (nSPS) is 18.4. The van der Waals surface area contributed by atoms with E-state index in [4.69, 9.17) is 4.74 Å². The summed E-state index contributed by atoms with van der Waals surface area (Å²) in [6, 6.07) is 12.0. The Labute approximate surface area is 198 Å². The molecule has 7 heteroatoms. The number of carbonyl (C=O) groups is 1. The van der Waals surface area contributed by atoms with E-state index in [-0.39, 0.29) is 0 Å². The number of hydrogen-bond acceptors (Lipinski definition) is 6. The van der Waals surface area contributed by atoms with Crippen LogP contribution in [0.4, 0.5) is 0 Å². The van der Waals surface area contributed by atoms with E-state index in [1.807, 2.05) is 59.9 Å². The summed E-state index contributed by atoms with van der Waals surface area (Å²) < 4.78 is 5.96. The number of hydrogen-bond donors (Lipinski definition) is 0. The average Bonchev–Trinajstić information content (AvgIpc) is 3.58. The number of amides is 1. The molecule has 0 spiro atoms. The van der Waals surface area contributed by atoms with Gasteiger partial charge < -0.3 is 9.64 Å². The molecule has 0 unspecified atom stereocenters. The highest BCUT2D eigenvalue weighted by molar-refractivity contribution is 5.89. The lowest BCUT2D eigenvalue weighted by Gasteiger charge is -2.34. The lowest BCUT2D eigenvalue weighted by atomic mass is 10.1. The maximum Gasteiger partial charge on any atom is 0.225 e. The summed E-state index contributed by atoms with van der Waals surface area (Å²) in [4.78, 5) is 30.0. The topological polar surface area (TPSA) is 70.9 Å². The Hall–Kier alpha value is -3.58. The van der Waals surface area contributed by atoms with Crippen molar-refractivity contribution in [3.8, 4) is 11.6 Å². The lowest BCUT2D eigenvalue weighted by molar-refractivity contribution is -0.134. The maximum atomic E-state index is 12.3. The first kappa shape index (κ1) is 21.0. The zero-order valence-corrected chi connectivity index (χ0v) is 19.1. The van der Waals surface area contributed by atoms with Crippen LogP contribution >= 0.6 is 0 Å². The fraction of sp³-hybridized carbons (Fsp3) is 0.333. The summed E-state index contributed by atoms with van der Waals surface area (Å²) in [5.41, 5.74) is 4.31. The Balaban J connectivity index is 1.08. The van der Waals surface area contributed by atoms with Crippen molar-refractivity contribution in [2.24, 2.45) is 10.9 Å². The van der Waals surface area contributed by atoms with Crippen molar-refractivity contribution < 1.29 is 9.53 Å². The van der Waals surface area contributed by atoms with Gasteiger partial charge in [-0.2, -0.15) is 0 Å². The highest BCUT2D eigenvalue weighted by Gasteiger charge is 2.34. The van der Waals surface area contributed by atoms with E-state index in [2.05, 4.69) is 25.9 Å². The number of allylic oxidation sites excluding steroid dienone is 1. The first-order valence-corrected chi connectivity index (χ1v) is 11.9. The third-order valence-corrected chi connectivity index (χ3v) is 6.70. The van der Waals surface area contributed by atoms with Gasteiger partial charge in [0, 0.05) is 74.8 Å². The van der Waals surface area contributed by atoms with E-state index in [1.165, 1.54) is 11.1 Å². The van der Waals surface area contributed by atoms with Crippen molar-refractivity contribution in [1.29, 1.82) is 0 Å². The van der Waals surface area contributed by atoms with Crippen molar-refractivity contribution in [2.75, 3.05) is 32.7 Å². The van der Waals surface area contributed by atoms with Gasteiger partial charge in [0.1, 0.15) is 5.75 Å². The molecular formula is C27H27N5O2. The first-order valence-electron chi connectivity index (χ1n) is 11.9. The second-order valence-corrected chi connectivity index (χ2v) is 9.24. The van der Waals surface area contributed by atoms with E-state index in [9.17, 15) is 4.79 Å². The number of carbonyl (C=O) groups excluding carboxylic acids is 1. The number of benzene rings is 1. The van der Waals surface area contributed by atoms with Crippen LogP contribution in [0.2, 0.25) is 0 Å². The van der Waals surface area contributed by atoms with Crippen molar-refractivity contribution in [3.05, 3.63) is 66.0 Å². The van der Waals surface area contributed by atoms with E-state index in [0.29, 0.717) is 30.0 Å². The van der Waals surface area contributed by atoms with Crippen LogP contribution in [0.5, 0.6) is 11.6 Å². The minimum absolute atomic E-state index is 0.310. The van der Waals surface area contributed by atoms with Crippen molar-refractivity contribution in [2.45, 2.75) is 19.4 Å². The SMILES string of the molecule is O=C(C1CC1)N1CCN(Cc2cnc3cc(Oc4ccc(C5=CC=NC5)cn4)ccc3c2)CC1. The molecule has 2 aliphatic heterocycles. The van der Waals surface area contributed by atoms with Gasteiger partial charge in [-0.1, -0.05) is 0 Å². The van der Waals surface area contributed by atoms with Gasteiger partial charge in [-0.15, -0.1) is 0 Å². The van der Waals surface area contributed by atoms with Crippen LogP contribution in [0, 0.1) is 5.92 Å². The Morgan fingerprint density at radius 3 is 2.62 bits per heavy atom. The third kappa shape index (κ3) is 4.56. The summed E-state index contributed by atoms with van der Waals surface area (Å²) in [6.07, 6.45) is 9.75. The van der Waals surface area contributed by atoms with Crippen LogP contribution < -0.4 is 4.74 Å². The lowest BCUT2D eigenvalue weighted by Crippen LogP contribution is -2.48. The van der Waals surface area contributed by atoms with Crippen LogP contribution in [0.3, 0.4) is 0 Å². The molecule has 1 aliphatic carbocycles. The zero-order valence-electron chi connectivity index (χ0n) is 19.1. The van der Waals surface area contributed by atoms with Gasteiger partial charge >= 0.3 is 0 Å². The van der Waals surface area contributed by atoms with Crippen LogP contribution in [-0.2, 0) is 11.3 Å². The molecule has 0 N–H and O–H groups in total. The second kappa shape index (κ2) is 8.99. The van der Waals surface area contributed by atoms with E-state index < -0.39 is 0 Å². The molecule has 34 heavy (non-hydrogen) atoms. The highest BCUT2D eigenvalue weighted by Crippen LogP contribution is 2.31. The van der Waals surface area contributed by atoms with E-state index in [0.717, 1.165) is 62.0 Å². The Bertz CT molecular complexity index is 1270. The van der Waals surface area contributed by atoms with Crippen molar-refractivity contribution in [1.82, 2.24) is 19.8 Å². The minimum atomic E-state index is 0.310. The van der Waals surface area contributed by atoms with Crippen molar-refractivity contribution in [3.63, 3.8) is 0 Å². The summed E-state index contributed by atoms with van der Waals surface area (Å²) in [5.74, 6) is 1.94. The molecular weight excluding hydrogens is 426 g/mol. The fourth-order valence-corrected chi connectivity index (χ4v) is 4.56. The predicted octanol–water partition coefficient (Wildman–Crippen LogP) is 3.94. The number of pyridine rings is 2.